The van der Waals surface area contributed by atoms with Gasteiger partial charge < -0.3 is 5.32 Å². The number of hydrogen-bond donors (Lipinski definition) is 2. The van der Waals surface area contributed by atoms with Crippen LogP contribution in [0.2, 0.25) is 0 Å². The molecule has 0 saturated carbocycles. The Hall–Kier alpha value is -0.910. The maximum Gasteiger partial charge on any atom is 0.240 e. The molecule has 0 aromatic heterocycles. The van der Waals surface area contributed by atoms with Crippen LogP contribution in [0.4, 0.5) is 0 Å². The molecule has 0 aliphatic rings. The van der Waals surface area contributed by atoms with Gasteiger partial charge in [0.05, 0.1) is 4.90 Å². The van der Waals surface area contributed by atoms with Gasteiger partial charge in [-0.05, 0) is 51.4 Å². The molecule has 108 valence electrons. The second-order valence-corrected chi connectivity index (χ2v) is 6.74. The van der Waals surface area contributed by atoms with Gasteiger partial charge in [0.1, 0.15) is 0 Å². The Morgan fingerprint density at radius 1 is 1.21 bits per heavy atom. The van der Waals surface area contributed by atoms with Crippen molar-refractivity contribution in [1.82, 2.24) is 10.0 Å². The molecule has 0 amide bonds. The predicted octanol–water partition coefficient (Wildman–Crippen LogP) is 2.43. The molecule has 0 bridgehead atoms. The van der Waals surface area contributed by atoms with Crippen molar-refractivity contribution in [2.24, 2.45) is 0 Å². The van der Waals surface area contributed by atoms with Crippen molar-refractivity contribution < 1.29 is 8.42 Å². The Morgan fingerprint density at radius 2 is 1.89 bits per heavy atom. The molecule has 0 spiro atoms. The summed E-state index contributed by atoms with van der Waals surface area (Å²) in [6.45, 7) is 8.69. The Bertz CT molecular complexity index is 498. The van der Waals surface area contributed by atoms with Gasteiger partial charge in [-0.1, -0.05) is 19.1 Å². The maximum absolute atomic E-state index is 12.1. The van der Waals surface area contributed by atoms with Gasteiger partial charge in [-0.15, -0.1) is 0 Å². The first-order valence-electron chi connectivity index (χ1n) is 6.72. The molecule has 0 radical (unpaired) electrons. The minimum Gasteiger partial charge on any atom is -0.310 e. The minimum absolute atomic E-state index is 0.107. The van der Waals surface area contributed by atoms with Crippen molar-refractivity contribution in [2.45, 2.75) is 51.1 Å². The molecule has 0 fully saturated rings. The first-order chi connectivity index (χ1) is 8.86. The summed E-state index contributed by atoms with van der Waals surface area (Å²) in [5.41, 5.74) is 0.986. The third-order valence-corrected chi connectivity index (χ3v) is 4.42. The molecule has 1 rings (SSSR count). The average Bonchev–Trinajstić information content (AvgIpc) is 2.34. The van der Waals surface area contributed by atoms with Crippen LogP contribution in [-0.2, 0) is 10.0 Å². The fourth-order valence-corrected chi connectivity index (χ4v) is 3.11. The molecule has 0 aliphatic carbocycles. The number of benzene rings is 1. The zero-order valence-electron chi connectivity index (χ0n) is 12.1. The van der Waals surface area contributed by atoms with E-state index < -0.39 is 10.0 Å². The van der Waals surface area contributed by atoms with Crippen molar-refractivity contribution in [1.29, 1.82) is 0 Å². The van der Waals surface area contributed by atoms with Crippen LogP contribution in [0.15, 0.2) is 29.2 Å². The third kappa shape index (κ3) is 4.93. The van der Waals surface area contributed by atoms with Crippen LogP contribution < -0.4 is 10.0 Å². The van der Waals surface area contributed by atoms with Crippen molar-refractivity contribution in [3.63, 3.8) is 0 Å². The van der Waals surface area contributed by atoms with Crippen LogP contribution in [0.3, 0.4) is 0 Å². The molecule has 0 saturated heterocycles. The van der Waals surface area contributed by atoms with Gasteiger partial charge in [0.15, 0.2) is 0 Å². The summed E-state index contributed by atoms with van der Waals surface area (Å²) in [6.07, 6.45) is 1.05. The van der Waals surface area contributed by atoms with Crippen LogP contribution in [0.1, 0.15) is 45.7 Å². The van der Waals surface area contributed by atoms with E-state index in [4.69, 9.17) is 0 Å². The van der Waals surface area contributed by atoms with Crippen molar-refractivity contribution in [3.8, 4) is 0 Å². The highest BCUT2D eigenvalue weighted by Gasteiger charge is 2.16. The topological polar surface area (TPSA) is 58.2 Å². The van der Waals surface area contributed by atoms with E-state index in [1.54, 1.807) is 18.2 Å². The highest BCUT2D eigenvalue weighted by molar-refractivity contribution is 7.89. The lowest BCUT2D eigenvalue weighted by Crippen LogP contribution is -2.30. The van der Waals surface area contributed by atoms with E-state index in [9.17, 15) is 8.42 Å². The monoisotopic (exact) mass is 284 g/mol. The fourth-order valence-electron chi connectivity index (χ4n) is 1.81. The van der Waals surface area contributed by atoms with E-state index in [1.807, 2.05) is 26.8 Å². The smallest absolute Gasteiger partial charge is 0.240 e. The van der Waals surface area contributed by atoms with Crippen molar-refractivity contribution >= 4 is 10.0 Å². The van der Waals surface area contributed by atoms with E-state index in [0.29, 0.717) is 4.90 Å². The van der Waals surface area contributed by atoms with Crippen molar-refractivity contribution in [2.75, 3.05) is 6.54 Å². The molecular formula is C14H24N2O2S. The molecule has 1 atom stereocenters. The summed E-state index contributed by atoms with van der Waals surface area (Å²) in [6, 6.07) is 7.13. The highest BCUT2D eigenvalue weighted by Crippen LogP contribution is 2.17. The molecule has 5 heteroatoms. The van der Waals surface area contributed by atoms with E-state index in [-0.39, 0.29) is 12.1 Å². The Balaban J connectivity index is 2.94. The average molecular weight is 284 g/mol. The summed E-state index contributed by atoms with van der Waals surface area (Å²) in [7, 11) is -3.41. The lowest BCUT2D eigenvalue weighted by Gasteiger charge is -2.15. The third-order valence-electron chi connectivity index (χ3n) is 2.76. The largest absolute Gasteiger partial charge is 0.310 e. The standard InChI is InChI=1S/C14H24N2O2S/c1-5-9-15-12(4)13-7-6-8-14(10-13)19(17,18)16-11(2)3/h6-8,10-12,15-16H,5,9H2,1-4H3. The lowest BCUT2D eigenvalue weighted by molar-refractivity contribution is 0.563. The molecular weight excluding hydrogens is 260 g/mol. The first-order valence-corrected chi connectivity index (χ1v) is 8.20. The minimum atomic E-state index is -3.41. The zero-order valence-corrected chi connectivity index (χ0v) is 12.9. The Kier molecular flexibility index (Phi) is 5.97. The zero-order chi connectivity index (χ0) is 14.5. The molecule has 0 heterocycles. The van der Waals surface area contributed by atoms with Crippen LogP contribution in [0.25, 0.3) is 0 Å². The van der Waals surface area contributed by atoms with Gasteiger partial charge >= 0.3 is 0 Å². The summed E-state index contributed by atoms with van der Waals surface area (Å²) in [5.74, 6) is 0. The Morgan fingerprint density at radius 3 is 2.47 bits per heavy atom. The molecule has 1 unspecified atom stereocenters. The van der Waals surface area contributed by atoms with E-state index in [1.165, 1.54) is 0 Å². The molecule has 4 nitrogen and oxygen atoms in total. The predicted molar refractivity (Wildman–Crippen MR) is 78.6 cm³/mol. The number of rotatable bonds is 7. The highest BCUT2D eigenvalue weighted by atomic mass is 32.2. The first kappa shape index (κ1) is 16.1. The summed E-state index contributed by atoms with van der Waals surface area (Å²) < 4.78 is 26.8. The number of nitrogens with one attached hydrogen (secondary N) is 2. The van der Waals surface area contributed by atoms with Gasteiger partial charge in [0.25, 0.3) is 0 Å². The van der Waals surface area contributed by atoms with Gasteiger partial charge in [0, 0.05) is 12.1 Å². The molecule has 1 aromatic rings. The van der Waals surface area contributed by atoms with Gasteiger partial charge in [-0.3, -0.25) is 0 Å². The van der Waals surface area contributed by atoms with Gasteiger partial charge in [-0.25, -0.2) is 13.1 Å². The van der Waals surface area contributed by atoms with Gasteiger partial charge in [0.2, 0.25) is 10.0 Å². The normalized spacial score (nSPS) is 13.7. The molecule has 19 heavy (non-hydrogen) atoms. The molecule has 0 aliphatic heterocycles. The summed E-state index contributed by atoms with van der Waals surface area (Å²) >= 11 is 0. The SMILES string of the molecule is CCCNC(C)c1cccc(S(=O)(=O)NC(C)C)c1. The Labute approximate surface area is 116 Å². The van der Waals surface area contributed by atoms with E-state index in [0.717, 1.165) is 18.5 Å². The number of sulfonamides is 1. The molecule has 1 aromatic carbocycles. The molecule has 2 N–H and O–H groups in total. The van der Waals surface area contributed by atoms with Crippen molar-refractivity contribution in [3.05, 3.63) is 29.8 Å². The van der Waals surface area contributed by atoms with Crippen LogP contribution in [-0.4, -0.2) is 21.0 Å². The number of hydrogen-bond acceptors (Lipinski definition) is 3. The second kappa shape index (κ2) is 7.03. The summed E-state index contributed by atoms with van der Waals surface area (Å²) in [4.78, 5) is 0.323. The lowest BCUT2D eigenvalue weighted by atomic mass is 10.1. The second-order valence-electron chi connectivity index (χ2n) is 5.02. The maximum atomic E-state index is 12.1. The van der Waals surface area contributed by atoms with Gasteiger partial charge in [-0.2, -0.15) is 0 Å². The van der Waals surface area contributed by atoms with Crippen LogP contribution in [0, 0.1) is 0 Å². The van der Waals surface area contributed by atoms with E-state index in [2.05, 4.69) is 17.0 Å². The fraction of sp³-hybridized carbons (Fsp3) is 0.571. The quantitative estimate of drug-likeness (QED) is 0.808. The van der Waals surface area contributed by atoms with Crippen LogP contribution >= 0.6 is 0 Å². The van der Waals surface area contributed by atoms with E-state index >= 15 is 0 Å². The summed E-state index contributed by atoms with van der Waals surface area (Å²) in [5, 5.41) is 3.35. The van der Waals surface area contributed by atoms with Crippen LogP contribution in [0.5, 0.6) is 0 Å².